The number of alkyl carbamates (subject to hydrolysis) is 1. The lowest BCUT2D eigenvalue weighted by Gasteiger charge is -2.26. The first-order valence-electron chi connectivity index (χ1n) is 12.1. The van der Waals surface area contributed by atoms with Crippen molar-refractivity contribution < 1.29 is 24.2 Å². The van der Waals surface area contributed by atoms with E-state index in [-0.39, 0.29) is 49.3 Å². The SMILES string of the molecule is O=C(O)CC1CCCN1C(=O)CC(NC(=O)OCC1c2ccccc2-c2ccccc21)C1CC1. The third kappa shape index (κ3) is 4.65. The van der Waals surface area contributed by atoms with Crippen molar-refractivity contribution in [2.45, 2.75) is 56.5 Å². The number of aliphatic carboxylic acids is 1. The normalized spacial score (nSPS) is 19.9. The Morgan fingerprint density at radius 1 is 1.00 bits per heavy atom. The van der Waals surface area contributed by atoms with Gasteiger partial charge in [0.2, 0.25) is 5.91 Å². The molecule has 1 saturated carbocycles. The van der Waals surface area contributed by atoms with E-state index in [1.807, 2.05) is 24.3 Å². The molecule has 2 aromatic carbocycles. The average Bonchev–Trinajstić information content (AvgIpc) is 3.49. The second-order valence-corrected chi connectivity index (χ2v) is 9.60. The van der Waals surface area contributed by atoms with Crippen LogP contribution in [-0.2, 0) is 14.3 Å². The van der Waals surface area contributed by atoms with E-state index in [1.54, 1.807) is 4.90 Å². The predicted molar refractivity (Wildman–Crippen MR) is 126 cm³/mol. The van der Waals surface area contributed by atoms with E-state index in [4.69, 9.17) is 9.84 Å². The van der Waals surface area contributed by atoms with Crippen molar-refractivity contribution in [2.24, 2.45) is 5.92 Å². The summed E-state index contributed by atoms with van der Waals surface area (Å²) in [4.78, 5) is 38.5. The zero-order valence-electron chi connectivity index (χ0n) is 19.1. The number of carboxylic acid groups (broad SMARTS) is 1. The molecule has 2 atom stereocenters. The standard InChI is InChI=1S/C27H30N2O5/c30-25(29-13-5-6-18(29)14-26(31)32)15-24(17-11-12-17)28-27(33)34-16-23-21-9-3-1-7-19(21)20-8-2-4-10-22(20)23/h1-4,7-10,17-18,23-24H,5-6,11-16H2,(H,28,33)(H,31,32). The Kier molecular flexibility index (Phi) is 6.26. The Hall–Kier alpha value is -3.35. The van der Waals surface area contributed by atoms with Crippen molar-refractivity contribution in [1.82, 2.24) is 10.2 Å². The Morgan fingerprint density at radius 3 is 2.26 bits per heavy atom. The number of amides is 2. The minimum absolute atomic E-state index is 0.0134. The molecule has 0 radical (unpaired) electrons. The van der Waals surface area contributed by atoms with Crippen LogP contribution in [0, 0.1) is 5.92 Å². The highest BCUT2D eigenvalue weighted by molar-refractivity contribution is 5.80. The average molecular weight is 463 g/mol. The fourth-order valence-corrected chi connectivity index (χ4v) is 5.51. The zero-order chi connectivity index (χ0) is 23.7. The van der Waals surface area contributed by atoms with E-state index in [1.165, 1.54) is 11.1 Å². The van der Waals surface area contributed by atoms with Crippen LogP contribution in [0.1, 0.15) is 55.6 Å². The molecule has 3 aliphatic rings. The van der Waals surface area contributed by atoms with Gasteiger partial charge in [0.25, 0.3) is 0 Å². The highest BCUT2D eigenvalue weighted by Crippen LogP contribution is 2.44. The van der Waals surface area contributed by atoms with Crippen molar-refractivity contribution in [2.75, 3.05) is 13.2 Å². The van der Waals surface area contributed by atoms with Gasteiger partial charge in [-0.1, -0.05) is 48.5 Å². The van der Waals surface area contributed by atoms with E-state index in [2.05, 4.69) is 29.6 Å². The number of fused-ring (bicyclic) bond motifs is 3. The smallest absolute Gasteiger partial charge is 0.407 e. The van der Waals surface area contributed by atoms with Gasteiger partial charge in [-0.15, -0.1) is 0 Å². The number of carbonyl (C=O) groups excluding carboxylic acids is 2. The highest BCUT2D eigenvalue weighted by atomic mass is 16.5. The molecule has 2 aromatic rings. The number of nitrogens with zero attached hydrogens (tertiary/aromatic N) is 1. The van der Waals surface area contributed by atoms with Crippen LogP contribution < -0.4 is 5.32 Å². The summed E-state index contributed by atoms with van der Waals surface area (Å²) < 4.78 is 5.68. The topological polar surface area (TPSA) is 95.9 Å². The number of carbonyl (C=O) groups is 3. The summed E-state index contributed by atoms with van der Waals surface area (Å²) in [6.07, 6.45) is 3.13. The maximum Gasteiger partial charge on any atom is 0.407 e. The molecule has 7 heteroatoms. The Morgan fingerprint density at radius 2 is 1.65 bits per heavy atom. The van der Waals surface area contributed by atoms with Gasteiger partial charge in [0.1, 0.15) is 6.61 Å². The van der Waals surface area contributed by atoms with Crippen molar-refractivity contribution in [3.05, 3.63) is 59.7 Å². The van der Waals surface area contributed by atoms with E-state index >= 15 is 0 Å². The first kappa shape index (κ1) is 22.4. The minimum atomic E-state index is -0.889. The number of hydrogen-bond acceptors (Lipinski definition) is 4. The van der Waals surface area contributed by atoms with Crippen LogP contribution in [0.4, 0.5) is 4.79 Å². The minimum Gasteiger partial charge on any atom is -0.481 e. The van der Waals surface area contributed by atoms with Gasteiger partial charge in [0, 0.05) is 31.0 Å². The van der Waals surface area contributed by atoms with Gasteiger partial charge >= 0.3 is 12.1 Å². The van der Waals surface area contributed by atoms with E-state index in [0.717, 1.165) is 30.4 Å². The van der Waals surface area contributed by atoms with Gasteiger partial charge in [-0.2, -0.15) is 0 Å². The van der Waals surface area contributed by atoms with E-state index < -0.39 is 12.1 Å². The largest absolute Gasteiger partial charge is 0.481 e. The van der Waals surface area contributed by atoms with Gasteiger partial charge in [0.05, 0.1) is 6.42 Å². The summed E-state index contributed by atoms with van der Waals surface area (Å²) in [7, 11) is 0. The summed E-state index contributed by atoms with van der Waals surface area (Å²) in [5.41, 5.74) is 4.66. The van der Waals surface area contributed by atoms with Crippen molar-refractivity contribution in [3.8, 4) is 11.1 Å². The highest BCUT2D eigenvalue weighted by Gasteiger charge is 2.38. The maximum absolute atomic E-state index is 12.9. The quantitative estimate of drug-likeness (QED) is 0.614. The molecule has 0 spiro atoms. The van der Waals surface area contributed by atoms with Gasteiger partial charge in [-0.05, 0) is 53.9 Å². The number of ether oxygens (including phenoxy) is 1. The van der Waals surface area contributed by atoms with E-state index in [0.29, 0.717) is 13.0 Å². The molecule has 2 N–H and O–H groups in total. The monoisotopic (exact) mass is 462 g/mol. The van der Waals surface area contributed by atoms with Crippen LogP contribution >= 0.6 is 0 Å². The predicted octanol–water partition coefficient (Wildman–Crippen LogP) is 4.16. The van der Waals surface area contributed by atoms with Crippen LogP contribution in [0.3, 0.4) is 0 Å². The Labute approximate surface area is 199 Å². The van der Waals surface area contributed by atoms with Crippen LogP contribution in [0.25, 0.3) is 11.1 Å². The van der Waals surface area contributed by atoms with Gasteiger partial charge in [-0.3, -0.25) is 9.59 Å². The van der Waals surface area contributed by atoms with Crippen LogP contribution in [0.5, 0.6) is 0 Å². The molecular weight excluding hydrogens is 432 g/mol. The van der Waals surface area contributed by atoms with E-state index in [9.17, 15) is 14.4 Å². The summed E-state index contributed by atoms with van der Waals surface area (Å²) in [5, 5.41) is 12.1. The molecule has 2 unspecified atom stereocenters. The first-order valence-corrected chi connectivity index (χ1v) is 12.1. The molecule has 2 amide bonds. The maximum atomic E-state index is 12.9. The number of benzene rings is 2. The second kappa shape index (κ2) is 9.49. The summed E-state index contributed by atoms with van der Waals surface area (Å²) in [5.74, 6) is -0.717. The number of likely N-dealkylation sites (tertiary alicyclic amines) is 1. The second-order valence-electron chi connectivity index (χ2n) is 9.60. The summed E-state index contributed by atoms with van der Waals surface area (Å²) in [6.45, 7) is 0.817. The lowest BCUT2D eigenvalue weighted by molar-refractivity contribution is -0.140. The van der Waals surface area contributed by atoms with Crippen LogP contribution in [0.15, 0.2) is 48.5 Å². The molecular formula is C27H30N2O5. The molecule has 34 heavy (non-hydrogen) atoms. The third-order valence-corrected chi connectivity index (χ3v) is 7.34. The molecule has 2 fully saturated rings. The lowest BCUT2D eigenvalue weighted by Crippen LogP contribution is -2.44. The molecule has 7 nitrogen and oxygen atoms in total. The summed E-state index contributed by atoms with van der Waals surface area (Å²) >= 11 is 0. The van der Waals surface area contributed by atoms with Crippen LogP contribution in [0.2, 0.25) is 0 Å². The molecule has 1 aliphatic heterocycles. The molecule has 2 aliphatic carbocycles. The molecule has 1 saturated heterocycles. The van der Waals surface area contributed by atoms with Gasteiger partial charge in [-0.25, -0.2) is 4.79 Å². The molecule has 178 valence electrons. The fraction of sp³-hybridized carbons (Fsp3) is 0.444. The number of rotatable bonds is 8. The molecule has 0 bridgehead atoms. The molecule has 5 rings (SSSR count). The fourth-order valence-electron chi connectivity index (χ4n) is 5.51. The molecule has 1 heterocycles. The lowest BCUT2D eigenvalue weighted by atomic mass is 9.98. The number of hydrogen-bond donors (Lipinski definition) is 2. The van der Waals surface area contributed by atoms with Gasteiger partial charge in [0.15, 0.2) is 0 Å². The van der Waals surface area contributed by atoms with Crippen molar-refractivity contribution in [3.63, 3.8) is 0 Å². The van der Waals surface area contributed by atoms with Crippen molar-refractivity contribution >= 4 is 18.0 Å². The third-order valence-electron chi connectivity index (χ3n) is 7.34. The Balaban J connectivity index is 1.20. The Bertz CT molecular complexity index is 1050. The van der Waals surface area contributed by atoms with Crippen molar-refractivity contribution in [1.29, 1.82) is 0 Å². The zero-order valence-corrected chi connectivity index (χ0v) is 19.1. The van der Waals surface area contributed by atoms with Gasteiger partial charge < -0.3 is 20.1 Å². The first-order chi connectivity index (χ1) is 16.5. The molecule has 0 aromatic heterocycles. The van der Waals surface area contributed by atoms with Crippen LogP contribution in [-0.4, -0.2) is 53.2 Å². The number of nitrogens with one attached hydrogen (secondary N) is 1. The summed E-state index contributed by atoms with van der Waals surface area (Å²) in [6, 6.07) is 15.9. The number of carboxylic acids is 1.